The van der Waals surface area contributed by atoms with Crippen molar-refractivity contribution in [1.29, 1.82) is 5.41 Å². The number of rotatable bonds is 8. The predicted molar refractivity (Wildman–Crippen MR) is 265 cm³/mol. The maximum Gasteiger partial charge on any atom is 0.136 e. The number of hydrogen-bond acceptors (Lipinski definition) is 5. The lowest BCUT2D eigenvalue weighted by molar-refractivity contribution is 0.659. The smallest absolute Gasteiger partial charge is 0.136 e. The molecule has 0 spiro atoms. The molecule has 0 atom stereocenters. The molecule has 9 aromatic rings. The molecule has 0 radical (unpaired) electrons. The second-order valence-electron chi connectivity index (χ2n) is 15.6. The van der Waals surface area contributed by atoms with Crippen LogP contribution in [-0.2, 0) is 12.0 Å². The number of thiophene rings is 1. The number of allylic oxidation sites excluding steroid dienone is 3. The summed E-state index contributed by atoms with van der Waals surface area (Å²) in [7, 11) is 0. The van der Waals surface area contributed by atoms with Gasteiger partial charge in [0.25, 0.3) is 0 Å². The minimum atomic E-state index is -0.0185. The Kier molecular flexibility index (Phi) is 11.9. The van der Waals surface area contributed by atoms with Gasteiger partial charge < -0.3 is 15.6 Å². The number of aliphatic imine (C=N–C) groups is 1. The van der Waals surface area contributed by atoms with Gasteiger partial charge in [0, 0.05) is 54.7 Å². The lowest BCUT2D eigenvalue weighted by atomic mass is 9.82. The Balaban J connectivity index is 0.000000418. The molecule has 4 nitrogen and oxygen atoms in total. The summed E-state index contributed by atoms with van der Waals surface area (Å²) in [5, 5.41) is 10.3. The molecule has 5 heteroatoms. The fourth-order valence-corrected chi connectivity index (χ4v) is 9.72. The van der Waals surface area contributed by atoms with Crippen LogP contribution in [0, 0.1) is 5.41 Å². The number of nitrogens with zero attached hydrogens (tertiary/aromatic N) is 1. The molecule has 2 aromatic heterocycles. The predicted octanol–water partition coefficient (Wildman–Crippen LogP) is 15.1. The van der Waals surface area contributed by atoms with E-state index in [2.05, 4.69) is 173 Å². The molecular formula is C56H49N3OS. The second kappa shape index (κ2) is 17.7. The molecule has 3 N–H and O–H groups in total. The monoisotopic (exact) mass is 811 g/mol. The Hall–Kier alpha value is -6.92. The van der Waals surface area contributed by atoms with E-state index in [1.165, 1.54) is 70.2 Å². The first-order valence-corrected chi connectivity index (χ1v) is 21.4. The third kappa shape index (κ3) is 7.82. The quantitative estimate of drug-likeness (QED) is 0.118. The van der Waals surface area contributed by atoms with Gasteiger partial charge in [-0.05, 0) is 99.6 Å². The summed E-state index contributed by atoms with van der Waals surface area (Å²) in [6, 6.07) is 52.7. The van der Waals surface area contributed by atoms with Gasteiger partial charge in [0.1, 0.15) is 11.2 Å². The number of furan rings is 1. The average Bonchev–Trinajstić information content (AvgIpc) is 3.95. The fourth-order valence-electron chi connectivity index (χ4n) is 8.54. The van der Waals surface area contributed by atoms with Gasteiger partial charge in [0.05, 0.1) is 6.54 Å². The molecule has 0 saturated carbocycles. The third-order valence-electron chi connectivity index (χ3n) is 11.6. The number of fused-ring (bicyclic) bond motifs is 9. The van der Waals surface area contributed by atoms with Crippen molar-refractivity contribution in [3.05, 3.63) is 204 Å². The van der Waals surface area contributed by atoms with Gasteiger partial charge in [-0.1, -0.05) is 160 Å². The molecule has 0 fully saturated rings. The van der Waals surface area contributed by atoms with Crippen LogP contribution in [0.1, 0.15) is 43.0 Å². The molecule has 61 heavy (non-hydrogen) atoms. The van der Waals surface area contributed by atoms with E-state index < -0.39 is 0 Å². The van der Waals surface area contributed by atoms with E-state index in [0.29, 0.717) is 13.1 Å². The zero-order chi connectivity index (χ0) is 42.5. The highest BCUT2D eigenvalue weighted by molar-refractivity contribution is 7.26. The molecule has 1 aliphatic carbocycles. The largest absolute Gasteiger partial charge is 0.456 e. The van der Waals surface area contributed by atoms with Crippen molar-refractivity contribution in [2.24, 2.45) is 10.7 Å². The minimum absolute atomic E-state index is 0.0185. The van der Waals surface area contributed by atoms with E-state index in [-0.39, 0.29) is 5.41 Å². The summed E-state index contributed by atoms with van der Waals surface area (Å²) < 4.78 is 8.99. The van der Waals surface area contributed by atoms with E-state index in [9.17, 15) is 0 Å². The fraction of sp³-hybridized carbons (Fsp3) is 0.107. The van der Waals surface area contributed by atoms with E-state index >= 15 is 0 Å². The van der Waals surface area contributed by atoms with Crippen LogP contribution in [0.25, 0.3) is 75.5 Å². The standard InChI is InChI=1S/C47H33NOS.C8H13N.CH3N/c1-47(2)39-15-7-6-13-35(39)36-21-18-29(24-40(36)47)27-48-28-33-12-8-16-42-45(33)38-25-32(20-23-41(38)49-42)34-14-9-17-43-46(34)37-22-19-31(26-44(37)50-43)30-10-4-3-5-11-30;1-3-5-6-8(4-2)7-9;1-2/h3-26,28H,27H2,1-2H3;3-6H,2,7,9H2,1H3;2H,1H2/b;5-3-,8-6+;. The highest BCUT2D eigenvalue weighted by Crippen LogP contribution is 2.49. The number of benzene rings is 7. The highest BCUT2D eigenvalue weighted by atomic mass is 32.1. The van der Waals surface area contributed by atoms with Gasteiger partial charge in [-0.2, -0.15) is 0 Å². The lowest BCUT2D eigenvalue weighted by Gasteiger charge is -2.21. The van der Waals surface area contributed by atoms with Crippen LogP contribution in [0.2, 0.25) is 0 Å². The van der Waals surface area contributed by atoms with Crippen LogP contribution in [-0.4, -0.2) is 19.5 Å². The molecule has 0 amide bonds. The Morgan fingerprint density at radius 1 is 0.689 bits per heavy atom. The van der Waals surface area contributed by atoms with E-state index in [1.807, 2.05) is 42.7 Å². The second-order valence-corrected chi connectivity index (χ2v) is 16.7. The Labute approximate surface area is 362 Å². The van der Waals surface area contributed by atoms with Crippen LogP contribution in [0.3, 0.4) is 0 Å². The van der Waals surface area contributed by atoms with Gasteiger partial charge in [-0.15, -0.1) is 11.3 Å². The lowest BCUT2D eigenvalue weighted by Crippen LogP contribution is -2.15. The summed E-state index contributed by atoms with van der Waals surface area (Å²) in [4.78, 5) is 4.98. The molecule has 1 aliphatic rings. The zero-order valence-electron chi connectivity index (χ0n) is 34.9. The third-order valence-corrected chi connectivity index (χ3v) is 12.7. The summed E-state index contributed by atoms with van der Waals surface area (Å²) in [6.45, 7) is 13.9. The van der Waals surface area contributed by atoms with Crippen molar-refractivity contribution in [2.75, 3.05) is 6.54 Å². The number of nitrogens with one attached hydrogen (secondary N) is 1. The van der Waals surface area contributed by atoms with Crippen LogP contribution in [0.5, 0.6) is 0 Å². The first-order valence-electron chi connectivity index (χ1n) is 20.6. The van der Waals surface area contributed by atoms with E-state index in [1.54, 1.807) is 6.08 Å². The topological polar surface area (TPSA) is 75.4 Å². The highest BCUT2D eigenvalue weighted by Gasteiger charge is 2.35. The van der Waals surface area contributed by atoms with Crippen molar-refractivity contribution in [3.63, 3.8) is 0 Å². The first-order chi connectivity index (χ1) is 29.9. The molecule has 300 valence electrons. The van der Waals surface area contributed by atoms with Crippen molar-refractivity contribution >= 4 is 66.4 Å². The van der Waals surface area contributed by atoms with Crippen molar-refractivity contribution < 1.29 is 4.42 Å². The summed E-state index contributed by atoms with van der Waals surface area (Å²) in [6.07, 6.45) is 9.64. The van der Waals surface area contributed by atoms with Crippen LogP contribution < -0.4 is 5.73 Å². The Bertz CT molecular complexity index is 3140. The van der Waals surface area contributed by atoms with Gasteiger partial charge in [0.15, 0.2) is 0 Å². The number of hydrogen-bond donors (Lipinski definition) is 2. The summed E-state index contributed by atoms with van der Waals surface area (Å²) in [5.74, 6) is 0. The van der Waals surface area contributed by atoms with Gasteiger partial charge in [-0.25, -0.2) is 0 Å². The molecule has 0 aliphatic heterocycles. The van der Waals surface area contributed by atoms with Gasteiger partial charge >= 0.3 is 0 Å². The molecule has 10 rings (SSSR count). The molecule has 7 aromatic carbocycles. The van der Waals surface area contributed by atoms with E-state index in [4.69, 9.17) is 20.6 Å². The SMILES string of the molecule is C=C/C(=C\C=C/C)CN.C=N.CC1(C)c2ccccc2-c2ccc(CN=Cc3cccc4oc5ccc(-c6cccc7sc8cc(-c9ccccc9)ccc8c67)cc5c34)cc21. The zero-order valence-corrected chi connectivity index (χ0v) is 35.7. The van der Waals surface area contributed by atoms with E-state index in [0.717, 1.165) is 33.1 Å². The Morgan fingerprint density at radius 3 is 2.25 bits per heavy atom. The normalized spacial score (nSPS) is 13.0. The number of nitrogens with two attached hydrogens (primary N) is 1. The first kappa shape index (κ1) is 40.8. The summed E-state index contributed by atoms with van der Waals surface area (Å²) >= 11 is 1.86. The molecule has 0 bridgehead atoms. The minimum Gasteiger partial charge on any atom is -0.456 e. The average molecular weight is 812 g/mol. The maximum absolute atomic E-state index is 6.39. The molecule has 0 unspecified atom stereocenters. The van der Waals surface area contributed by atoms with Crippen molar-refractivity contribution in [3.8, 4) is 33.4 Å². The van der Waals surface area contributed by atoms with Gasteiger partial charge in [-0.3, -0.25) is 4.99 Å². The molecular weight excluding hydrogens is 763 g/mol. The van der Waals surface area contributed by atoms with Crippen LogP contribution in [0.4, 0.5) is 0 Å². The maximum atomic E-state index is 6.39. The van der Waals surface area contributed by atoms with Crippen molar-refractivity contribution in [2.45, 2.75) is 32.7 Å². The van der Waals surface area contributed by atoms with Crippen LogP contribution >= 0.6 is 11.3 Å². The molecule has 0 saturated heterocycles. The van der Waals surface area contributed by atoms with Crippen molar-refractivity contribution in [1.82, 2.24) is 0 Å². The van der Waals surface area contributed by atoms with Crippen LogP contribution in [0.15, 0.2) is 191 Å². The summed E-state index contributed by atoms with van der Waals surface area (Å²) in [5.41, 5.74) is 20.8. The Morgan fingerprint density at radius 2 is 1.44 bits per heavy atom. The molecule has 2 heterocycles. The van der Waals surface area contributed by atoms with Gasteiger partial charge in [0.2, 0.25) is 0 Å².